The molecule has 0 unspecified atom stereocenters. The van der Waals surface area contributed by atoms with Crippen LogP contribution in [0.5, 0.6) is 0 Å². The van der Waals surface area contributed by atoms with Gasteiger partial charge in [-0.3, -0.25) is 4.79 Å². The van der Waals surface area contributed by atoms with Crippen molar-refractivity contribution in [2.24, 2.45) is 0 Å². The molecule has 11 heteroatoms. The summed E-state index contributed by atoms with van der Waals surface area (Å²) in [6.07, 6.45) is -3.37. The minimum Gasteiger partial charge on any atom is -0.444 e. The molecule has 0 bridgehead atoms. The number of nitrogen functional groups attached to an aromatic ring is 1. The monoisotopic (exact) mass is 527 g/mol. The number of nitrogens with two attached hydrogens (primary N) is 1. The molecular weight excluding hydrogens is 499 g/mol. The van der Waals surface area contributed by atoms with Crippen molar-refractivity contribution in [3.63, 3.8) is 0 Å². The van der Waals surface area contributed by atoms with Crippen molar-refractivity contribution in [2.75, 3.05) is 31.9 Å². The number of carbonyl (C=O) groups is 2. The highest BCUT2D eigenvalue weighted by molar-refractivity contribution is 5.95. The molecule has 0 aliphatic carbocycles. The van der Waals surface area contributed by atoms with Gasteiger partial charge in [-0.2, -0.15) is 13.2 Å². The highest BCUT2D eigenvalue weighted by atomic mass is 19.4. The van der Waals surface area contributed by atoms with Gasteiger partial charge in [0.25, 0.3) is 5.91 Å². The quantitative estimate of drug-likeness (QED) is 0.508. The van der Waals surface area contributed by atoms with Gasteiger partial charge in [0.1, 0.15) is 17.1 Å². The highest BCUT2D eigenvalue weighted by Crippen LogP contribution is 2.32. The summed E-state index contributed by atoms with van der Waals surface area (Å²) in [7, 11) is 0. The van der Waals surface area contributed by atoms with Crippen molar-refractivity contribution in [3.05, 3.63) is 65.9 Å². The number of carbonyl (C=O) groups excluding carboxylic acids is 2. The molecule has 0 saturated carbocycles. The first-order chi connectivity index (χ1) is 17.8. The maximum atomic E-state index is 13.0. The first kappa shape index (κ1) is 26.9. The van der Waals surface area contributed by atoms with Crippen LogP contribution in [0.25, 0.3) is 22.5 Å². The van der Waals surface area contributed by atoms with E-state index in [-0.39, 0.29) is 17.4 Å². The zero-order valence-electron chi connectivity index (χ0n) is 21.2. The van der Waals surface area contributed by atoms with Gasteiger partial charge >= 0.3 is 12.3 Å². The Hall–Kier alpha value is -4.15. The number of hydrogen-bond acceptors (Lipinski definition) is 6. The molecule has 2 heterocycles. The number of hydrogen-bond donors (Lipinski definition) is 1. The predicted octanol–water partition coefficient (Wildman–Crippen LogP) is 5.10. The molecule has 2 aromatic carbocycles. The Bertz CT molecular complexity index is 1310. The normalized spacial score (nSPS) is 14.4. The van der Waals surface area contributed by atoms with Crippen LogP contribution in [0.1, 0.15) is 36.7 Å². The van der Waals surface area contributed by atoms with Gasteiger partial charge in [0.2, 0.25) is 0 Å². The van der Waals surface area contributed by atoms with Crippen LogP contribution < -0.4 is 5.73 Å². The topological polar surface area (TPSA) is 102 Å². The van der Waals surface area contributed by atoms with Crippen LogP contribution in [-0.2, 0) is 10.9 Å². The van der Waals surface area contributed by atoms with E-state index in [1.807, 2.05) is 0 Å². The molecule has 4 rings (SSSR count). The minimum atomic E-state index is -4.44. The van der Waals surface area contributed by atoms with Crippen LogP contribution in [0.4, 0.5) is 23.8 Å². The van der Waals surface area contributed by atoms with E-state index in [0.29, 0.717) is 48.6 Å². The van der Waals surface area contributed by atoms with E-state index >= 15 is 0 Å². The van der Waals surface area contributed by atoms with Crippen LogP contribution in [0.3, 0.4) is 0 Å². The molecule has 2 amide bonds. The van der Waals surface area contributed by atoms with Crippen molar-refractivity contribution >= 4 is 17.8 Å². The van der Waals surface area contributed by atoms with Gasteiger partial charge in [0.05, 0.1) is 17.5 Å². The molecule has 3 aromatic rings. The molecule has 0 atom stereocenters. The summed E-state index contributed by atoms with van der Waals surface area (Å²) >= 11 is 0. The van der Waals surface area contributed by atoms with Crippen molar-refractivity contribution in [2.45, 2.75) is 32.5 Å². The van der Waals surface area contributed by atoms with Crippen LogP contribution in [0, 0.1) is 0 Å². The number of nitrogens with zero attached hydrogens (tertiary/aromatic N) is 4. The second kappa shape index (κ2) is 10.3. The van der Waals surface area contributed by atoms with Gasteiger partial charge in [0, 0.05) is 42.9 Å². The van der Waals surface area contributed by atoms with Gasteiger partial charge < -0.3 is 20.3 Å². The predicted molar refractivity (Wildman–Crippen MR) is 136 cm³/mol. The first-order valence-corrected chi connectivity index (χ1v) is 12.0. The number of alkyl halides is 3. The Labute approximate surface area is 218 Å². The number of halogens is 3. The minimum absolute atomic E-state index is 0.0887. The molecular formula is C27H28F3N5O3. The molecule has 1 aliphatic rings. The number of rotatable bonds is 3. The number of anilines is 1. The van der Waals surface area contributed by atoms with Gasteiger partial charge in [-0.05, 0) is 45.0 Å². The lowest BCUT2D eigenvalue weighted by Crippen LogP contribution is -2.51. The third kappa shape index (κ3) is 6.21. The van der Waals surface area contributed by atoms with Gasteiger partial charge in [0.15, 0.2) is 0 Å². The molecule has 1 aromatic heterocycles. The van der Waals surface area contributed by atoms with Crippen molar-refractivity contribution in [1.29, 1.82) is 0 Å². The molecule has 200 valence electrons. The molecule has 1 fully saturated rings. The zero-order chi connectivity index (χ0) is 27.7. The van der Waals surface area contributed by atoms with Crippen molar-refractivity contribution in [1.82, 2.24) is 19.8 Å². The number of piperazine rings is 1. The molecule has 0 spiro atoms. The van der Waals surface area contributed by atoms with E-state index in [9.17, 15) is 22.8 Å². The second-order valence-electron chi connectivity index (χ2n) is 9.90. The third-order valence-electron chi connectivity index (χ3n) is 5.93. The SMILES string of the molecule is CC(C)(C)OC(=O)N1CCN(C(=O)c2ccc(-c3cnc(N)c(-c4ccc(C(F)(F)F)cc4)n3)cc2)CC1. The summed E-state index contributed by atoms with van der Waals surface area (Å²) in [5.41, 5.74) is 6.86. The number of amides is 2. The maximum Gasteiger partial charge on any atom is 0.416 e. The molecule has 1 saturated heterocycles. The summed E-state index contributed by atoms with van der Waals surface area (Å²) < 4.78 is 44.1. The summed E-state index contributed by atoms with van der Waals surface area (Å²) in [6, 6.07) is 11.3. The number of ether oxygens (including phenoxy) is 1. The lowest BCUT2D eigenvalue weighted by atomic mass is 10.1. The fraction of sp³-hybridized carbons (Fsp3) is 0.333. The zero-order valence-corrected chi connectivity index (χ0v) is 21.2. The Morgan fingerprint density at radius 3 is 1.97 bits per heavy atom. The summed E-state index contributed by atoms with van der Waals surface area (Å²) in [5, 5.41) is 0. The second-order valence-corrected chi connectivity index (χ2v) is 9.90. The smallest absolute Gasteiger partial charge is 0.416 e. The van der Waals surface area contributed by atoms with E-state index < -0.39 is 23.4 Å². The lowest BCUT2D eigenvalue weighted by Gasteiger charge is -2.35. The Kier molecular flexibility index (Phi) is 7.30. The largest absolute Gasteiger partial charge is 0.444 e. The summed E-state index contributed by atoms with van der Waals surface area (Å²) in [5.74, 6) is -0.0694. The average molecular weight is 528 g/mol. The Morgan fingerprint density at radius 2 is 1.42 bits per heavy atom. The van der Waals surface area contributed by atoms with Crippen molar-refractivity contribution in [3.8, 4) is 22.5 Å². The average Bonchev–Trinajstić information content (AvgIpc) is 2.87. The molecule has 38 heavy (non-hydrogen) atoms. The Balaban J connectivity index is 1.44. The van der Waals surface area contributed by atoms with Crippen molar-refractivity contribution < 1.29 is 27.5 Å². The van der Waals surface area contributed by atoms with Crippen LogP contribution >= 0.6 is 0 Å². The van der Waals surface area contributed by atoms with E-state index in [1.165, 1.54) is 18.3 Å². The molecule has 0 radical (unpaired) electrons. The van der Waals surface area contributed by atoms with E-state index in [1.54, 1.807) is 54.8 Å². The van der Waals surface area contributed by atoms with Crippen LogP contribution in [-0.4, -0.2) is 63.5 Å². The maximum absolute atomic E-state index is 13.0. The van der Waals surface area contributed by atoms with Crippen LogP contribution in [0.15, 0.2) is 54.7 Å². The molecule has 8 nitrogen and oxygen atoms in total. The van der Waals surface area contributed by atoms with Crippen LogP contribution in [0.2, 0.25) is 0 Å². The summed E-state index contributed by atoms with van der Waals surface area (Å²) in [6.45, 7) is 6.96. The lowest BCUT2D eigenvalue weighted by molar-refractivity contribution is -0.137. The fourth-order valence-electron chi connectivity index (χ4n) is 3.95. The standard InChI is InChI=1S/C27H28F3N5O3/c1-26(2,3)38-25(37)35-14-12-34(13-15-35)24(36)19-6-4-17(5-7-19)21-16-32-23(31)22(33-21)18-8-10-20(11-9-18)27(28,29)30/h4-11,16H,12-15H2,1-3H3,(H2,31,32). The van der Waals surface area contributed by atoms with Gasteiger partial charge in [-0.15, -0.1) is 0 Å². The summed E-state index contributed by atoms with van der Waals surface area (Å²) in [4.78, 5) is 37.2. The first-order valence-electron chi connectivity index (χ1n) is 12.0. The Morgan fingerprint density at radius 1 is 0.868 bits per heavy atom. The third-order valence-corrected chi connectivity index (χ3v) is 5.93. The number of benzene rings is 2. The molecule has 1 aliphatic heterocycles. The van der Waals surface area contributed by atoms with Gasteiger partial charge in [-0.25, -0.2) is 14.8 Å². The van der Waals surface area contributed by atoms with E-state index in [0.717, 1.165) is 12.1 Å². The number of aromatic nitrogens is 2. The van der Waals surface area contributed by atoms with Gasteiger partial charge in [-0.1, -0.05) is 24.3 Å². The molecule has 2 N–H and O–H groups in total. The van der Waals surface area contributed by atoms with E-state index in [4.69, 9.17) is 10.5 Å². The van der Waals surface area contributed by atoms with E-state index in [2.05, 4.69) is 9.97 Å². The highest BCUT2D eigenvalue weighted by Gasteiger charge is 2.30. The fourth-order valence-corrected chi connectivity index (χ4v) is 3.95.